The average molecular weight is 405 g/mol. The molecule has 2 aromatic rings. The summed E-state index contributed by atoms with van der Waals surface area (Å²) in [5, 5.41) is 2.96. The second-order valence-electron chi connectivity index (χ2n) is 7.98. The second-order valence-corrected chi connectivity index (χ2v) is 7.98. The van der Waals surface area contributed by atoms with Gasteiger partial charge in [-0.05, 0) is 48.6 Å². The van der Waals surface area contributed by atoms with E-state index in [9.17, 15) is 14.4 Å². The first-order chi connectivity index (χ1) is 14.5. The van der Waals surface area contributed by atoms with Gasteiger partial charge >= 0.3 is 0 Å². The van der Waals surface area contributed by atoms with Gasteiger partial charge in [0.05, 0.1) is 12.5 Å². The molecule has 0 bridgehead atoms. The maximum Gasteiger partial charge on any atom is 0.226 e. The van der Waals surface area contributed by atoms with Crippen molar-refractivity contribution < 1.29 is 14.4 Å². The van der Waals surface area contributed by atoms with Crippen LogP contribution in [0.3, 0.4) is 0 Å². The van der Waals surface area contributed by atoms with Crippen LogP contribution in [0, 0.1) is 0 Å². The quantitative estimate of drug-likeness (QED) is 0.844. The first-order valence-corrected chi connectivity index (χ1v) is 10.6. The number of hydrogen-bond donors (Lipinski definition) is 1. The Morgan fingerprint density at radius 3 is 2.67 bits per heavy atom. The maximum atomic E-state index is 12.9. The van der Waals surface area contributed by atoms with Crippen LogP contribution < -0.4 is 10.2 Å². The fourth-order valence-electron chi connectivity index (χ4n) is 4.47. The van der Waals surface area contributed by atoms with Gasteiger partial charge in [0.1, 0.15) is 0 Å². The van der Waals surface area contributed by atoms with Crippen LogP contribution in [-0.2, 0) is 20.8 Å². The molecule has 6 nitrogen and oxygen atoms in total. The van der Waals surface area contributed by atoms with E-state index in [4.69, 9.17) is 0 Å². The summed E-state index contributed by atoms with van der Waals surface area (Å²) in [5.41, 5.74) is 3.71. The van der Waals surface area contributed by atoms with Crippen LogP contribution >= 0.6 is 0 Å². The number of anilines is 2. The first kappa shape index (κ1) is 20.1. The molecule has 2 aromatic carbocycles. The summed E-state index contributed by atoms with van der Waals surface area (Å²) in [6.07, 6.45) is 3.49. The Morgan fingerprint density at radius 1 is 1.03 bits per heavy atom. The Bertz CT molecular complexity index is 972. The van der Waals surface area contributed by atoms with Gasteiger partial charge in [0.2, 0.25) is 17.7 Å². The van der Waals surface area contributed by atoms with Gasteiger partial charge in [-0.25, -0.2) is 0 Å². The van der Waals surface area contributed by atoms with Crippen molar-refractivity contribution in [3.63, 3.8) is 0 Å². The third kappa shape index (κ3) is 4.22. The number of amides is 3. The second kappa shape index (κ2) is 8.69. The average Bonchev–Trinajstić information content (AvgIpc) is 2.74. The van der Waals surface area contributed by atoms with E-state index in [0.29, 0.717) is 25.2 Å². The van der Waals surface area contributed by atoms with E-state index in [1.807, 2.05) is 42.5 Å². The monoisotopic (exact) mass is 405 g/mol. The lowest BCUT2D eigenvalue weighted by atomic mass is 9.90. The molecule has 156 valence electrons. The van der Waals surface area contributed by atoms with Crippen LogP contribution in [-0.4, -0.2) is 35.7 Å². The summed E-state index contributed by atoms with van der Waals surface area (Å²) >= 11 is 0. The number of fused-ring (bicyclic) bond motifs is 1. The molecule has 30 heavy (non-hydrogen) atoms. The number of rotatable bonds is 4. The molecule has 1 unspecified atom stereocenters. The van der Waals surface area contributed by atoms with E-state index in [-0.39, 0.29) is 30.2 Å². The van der Waals surface area contributed by atoms with E-state index in [1.54, 1.807) is 16.7 Å². The molecule has 2 aliphatic heterocycles. The highest BCUT2D eigenvalue weighted by molar-refractivity contribution is 5.96. The molecule has 0 radical (unpaired) electrons. The van der Waals surface area contributed by atoms with E-state index < -0.39 is 0 Å². The van der Waals surface area contributed by atoms with Crippen molar-refractivity contribution in [2.75, 3.05) is 23.3 Å². The van der Waals surface area contributed by atoms with Gasteiger partial charge in [-0.1, -0.05) is 30.3 Å². The molecule has 1 saturated heterocycles. The normalized spacial score (nSPS) is 18.7. The molecule has 0 saturated carbocycles. The number of hydrogen-bond acceptors (Lipinski definition) is 3. The highest BCUT2D eigenvalue weighted by atomic mass is 16.2. The Kier molecular flexibility index (Phi) is 5.84. The Balaban J connectivity index is 1.50. The number of nitrogens with one attached hydrogen (secondary N) is 1. The van der Waals surface area contributed by atoms with Crippen LogP contribution in [0.2, 0.25) is 0 Å². The SMILES string of the molecule is CC(=O)N1CCc2ccccc2C1CC(=O)Nc1cccc(N2CCCCC2=O)c1. The molecular weight excluding hydrogens is 378 g/mol. The molecule has 1 atom stereocenters. The van der Waals surface area contributed by atoms with E-state index in [1.165, 1.54) is 5.56 Å². The van der Waals surface area contributed by atoms with Crippen molar-refractivity contribution in [3.8, 4) is 0 Å². The molecule has 3 amide bonds. The third-order valence-electron chi connectivity index (χ3n) is 5.96. The first-order valence-electron chi connectivity index (χ1n) is 10.6. The maximum absolute atomic E-state index is 12.9. The summed E-state index contributed by atoms with van der Waals surface area (Å²) in [4.78, 5) is 40.8. The van der Waals surface area contributed by atoms with Crippen LogP contribution in [0.25, 0.3) is 0 Å². The summed E-state index contributed by atoms with van der Waals surface area (Å²) < 4.78 is 0. The molecule has 1 fully saturated rings. The number of carbonyl (C=O) groups is 3. The van der Waals surface area contributed by atoms with Crippen LogP contribution in [0.15, 0.2) is 48.5 Å². The van der Waals surface area contributed by atoms with Gasteiger partial charge < -0.3 is 15.1 Å². The number of piperidine rings is 1. The van der Waals surface area contributed by atoms with Gasteiger partial charge in [-0.3, -0.25) is 14.4 Å². The van der Waals surface area contributed by atoms with Crippen LogP contribution in [0.5, 0.6) is 0 Å². The Hall–Kier alpha value is -3.15. The predicted octanol–water partition coefficient (Wildman–Crippen LogP) is 3.68. The van der Waals surface area contributed by atoms with Gasteiger partial charge in [0.15, 0.2) is 0 Å². The molecular formula is C24H27N3O3. The summed E-state index contributed by atoms with van der Waals surface area (Å²) in [6.45, 7) is 2.89. The van der Waals surface area contributed by atoms with E-state index >= 15 is 0 Å². The zero-order chi connectivity index (χ0) is 21.1. The minimum atomic E-state index is -0.265. The minimum absolute atomic E-state index is 0.0205. The summed E-state index contributed by atoms with van der Waals surface area (Å²) in [7, 11) is 0. The van der Waals surface area contributed by atoms with Gasteiger partial charge in [-0.2, -0.15) is 0 Å². The smallest absolute Gasteiger partial charge is 0.226 e. The number of carbonyl (C=O) groups excluding carboxylic acids is 3. The zero-order valence-corrected chi connectivity index (χ0v) is 17.3. The van der Waals surface area contributed by atoms with Gasteiger partial charge in [0.25, 0.3) is 0 Å². The van der Waals surface area contributed by atoms with E-state index in [0.717, 1.165) is 30.5 Å². The van der Waals surface area contributed by atoms with Crippen LogP contribution in [0.1, 0.15) is 49.8 Å². The van der Waals surface area contributed by atoms with Crippen molar-refractivity contribution in [1.82, 2.24) is 4.90 Å². The molecule has 0 aromatic heterocycles. The molecule has 0 aliphatic carbocycles. The summed E-state index contributed by atoms with van der Waals surface area (Å²) in [6, 6.07) is 15.2. The van der Waals surface area contributed by atoms with Crippen molar-refractivity contribution in [3.05, 3.63) is 59.7 Å². The topological polar surface area (TPSA) is 69.7 Å². The van der Waals surface area contributed by atoms with Crippen LogP contribution in [0.4, 0.5) is 11.4 Å². The molecule has 1 N–H and O–H groups in total. The largest absolute Gasteiger partial charge is 0.335 e. The van der Waals surface area contributed by atoms with Gasteiger partial charge in [-0.15, -0.1) is 0 Å². The molecule has 0 spiro atoms. The lowest BCUT2D eigenvalue weighted by molar-refractivity contribution is -0.132. The fourth-order valence-corrected chi connectivity index (χ4v) is 4.47. The fraction of sp³-hybridized carbons (Fsp3) is 0.375. The highest BCUT2D eigenvalue weighted by Crippen LogP contribution is 2.33. The lowest BCUT2D eigenvalue weighted by Gasteiger charge is -2.36. The van der Waals surface area contributed by atoms with Crippen molar-refractivity contribution in [2.24, 2.45) is 0 Å². The third-order valence-corrected chi connectivity index (χ3v) is 5.96. The minimum Gasteiger partial charge on any atom is -0.335 e. The summed E-state index contributed by atoms with van der Waals surface area (Å²) in [5.74, 6) is -0.0429. The Morgan fingerprint density at radius 2 is 1.87 bits per heavy atom. The van der Waals surface area contributed by atoms with Crippen molar-refractivity contribution in [1.29, 1.82) is 0 Å². The number of nitrogens with zero attached hydrogens (tertiary/aromatic N) is 2. The highest BCUT2D eigenvalue weighted by Gasteiger charge is 2.30. The van der Waals surface area contributed by atoms with Gasteiger partial charge in [0, 0.05) is 37.8 Å². The van der Waals surface area contributed by atoms with Crippen molar-refractivity contribution >= 4 is 29.1 Å². The predicted molar refractivity (Wildman–Crippen MR) is 116 cm³/mol. The number of benzene rings is 2. The molecule has 2 heterocycles. The molecule has 4 rings (SSSR count). The lowest BCUT2D eigenvalue weighted by Crippen LogP contribution is -2.40. The Labute approximate surface area is 176 Å². The molecule has 6 heteroatoms. The molecule has 2 aliphatic rings. The van der Waals surface area contributed by atoms with Crippen molar-refractivity contribution in [2.45, 2.75) is 45.1 Å². The van der Waals surface area contributed by atoms with E-state index in [2.05, 4.69) is 11.4 Å². The standard InChI is InChI=1S/C24H27N3O3/c1-17(28)26-14-12-18-7-2-3-10-21(18)22(26)16-23(29)25-19-8-6-9-20(15-19)27-13-5-4-11-24(27)30/h2-3,6-10,15,22H,4-5,11-14,16H2,1H3,(H,25,29). The zero-order valence-electron chi connectivity index (χ0n) is 17.3.